The second-order valence-electron chi connectivity index (χ2n) is 7.81. The number of rotatable bonds is 9. The Balaban J connectivity index is 1.80. The number of anilines is 1. The third kappa shape index (κ3) is 6.35. The highest BCUT2D eigenvalue weighted by atomic mass is 35.5. The molecule has 0 saturated heterocycles. The van der Waals surface area contributed by atoms with Gasteiger partial charge in [0.2, 0.25) is 0 Å². The van der Waals surface area contributed by atoms with Crippen molar-refractivity contribution < 1.29 is 15.0 Å². The van der Waals surface area contributed by atoms with Crippen LogP contribution in [0.1, 0.15) is 24.3 Å². The van der Waals surface area contributed by atoms with Gasteiger partial charge in [-0.05, 0) is 48.6 Å². The molecule has 0 saturated carbocycles. The zero-order valence-electron chi connectivity index (χ0n) is 17.2. The number of phenols is 1. The predicted octanol–water partition coefficient (Wildman–Crippen LogP) is 6.38. The molecule has 0 spiro atoms. The Morgan fingerprint density at radius 2 is 1.90 bits per heavy atom. The van der Waals surface area contributed by atoms with E-state index in [0.717, 1.165) is 28.1 Å². The molecule has 164 valence electrons. The van der Waals surface area contributed by atoms with Gasteiger partial charge in [-0.15, -0.1) is 11.3 Å². The second-order valence-corrected chi connectivity index (χ2v) is 9.71. The normalized spacial score (nSPS) is 12.2. The van der Waals surface area contributed by atoms with Crippen LogP contribution >= 0.6 is 34.5 Å². The van der Waals surface area contributed by atoms with Gasteiger partial charge in [-0.2, -0.15) is 0 Å². The minimum absolute atomic E-state index is 0.124. The van der Waals surface area contributed by atoms with Gasteiger partial charge in [0.15, 0.2) is 5.13 Å². The molecule has 5 nitrogen and oxygen atoms in total. The van der Waals surface area contributed by atoms with Crippen LogP contribution in [0.4, 0.5) is 5.13 Å². The van der Waals surface area contributed by atoms with Crippen molar-refractivity contribution in [3.63, 3.8) is 0 Å². The summed E-state index contributed by atoms with van der Waals surface area (Å²) in [6.07, 6.45) is 1.15. The molecule has 3 aromatic rings. The van der Waals surface area contributed by atoms with Gasteiger partial charge in [-0.1, -0.05) is 55.2 Å². The monoisotopic (exact) mass is 478 g/mol. The topological polar surface area (TPSA) is 82.5 Å². The van der Waals surface area contributed by atoms with Crippen LogP contribution in [0.25, 0.3) is 11.3 Å². The number of thiazole rings is 1. The number of carboxylic acids is 1. The van der Waals surface area contributed by atoms with E-state index in [4.69, 9.17) is 28.2 Å². The molecular formula is C23H24Cl2N2O3S. The summed E-state index contributed by atoms with van der Waals surface area (Å²) in [4.78, 5) is 17.6. The summed E-state index contributed by atoms with van der Waals surface area (Å²) in [6, 6.07) is 12.1. The van der Waals surface area contributed by atoms with Crippen molar-refractivity contribution >= 4 is 45.6 Å². The number of aromatic nitrogens is 1. The quantitative estimate of drug-likeness (QED) is 0.332. The Bertz CT molecular complexity index is 1070. The molecule has 0 amide bonds. The predicted molar refractivity (Wildman–Crippen MR) is 128 cm³/mol. The molecule has 0 aliphatic rings. The van der Waals surface area contributed by atoms with Crippen molar-refractivity contribution in [2.24, 2.45) is 11.8 Å². The van der Waals surface area contributed by atoms with Gasteiger partial charge in [0, 0.05) is 17.0 Å². The lowest BCUT2D eigenvalue weighted by Crippen LogP contribution is -2.25. The number of carbonyl (C=O) groups is 1. The third-order valence-corrected chi connectivity index (χ3v) is 6.50. The fraction of sp³-hybridized carbons (Fsp3) is 0.304. The van der Waals surface area contributed by atoms with E-state index in [1.54, 1.807) is 30.3 Å². The number of nitrogens with one attached hydrogen (secondary N) is 1. The van der Waals surface area contributed by atoms with E-state index >= 15 is 0 Å². The Hall–Kier alpha value is -2.28. The van der Waals surface area contributed by atoms with Crippen LogP contribution in [0.2, 0.25) is 10.0 Å². The second kappa shape index (κ2) is 10.4. The highest BCUT2D eigenvalue weighted by molar-refractivity contribution is 7.16. The van der Waals surface area contributed by atoms with Gasteiger partial charge in [0.25, 0.3) is 0 Å². The molecule has 2 aromatic carbocycles. The van der Waals surface area contributed by atoms with E-state index < -0.39 is 11.9 Å². The summed E-state index contributed by atoms with van der Waals surface area (Å²) in [5, 5.41) is 24.1. The summed E-state index contributed by atoms with van der Waals surface area (Å²) in [5.74, 6) is -1.00. The van der Waals surface area contributed by atoms with Crippen LogP contribution < -0.4 is 5.32 Å². The Kier molecular flexibility index (Phi) is 7.81. The molecule has 3 N–H and O–H groups in total. The molecule has 31 heavy (non-hydrogen) atoms. The summed E-state index contributed by atoms with van der Waals surface area (Å²) >= 11 is 13.8. The van der Waals surface area contributed by atoms with Crippen LogP contribution in [-0.4, -0.2) is 27.7 Å². The summed E-state index contributed by atoms with van der Waals surface area (Å²) < 4.78 is 0. The maximum atomic E-state index is 11.8. The first-order valence-electron chi connectivity index (χ1n) is 9.92. The molecule has 1 unspecified atom stereocenters. The average Bonchev–Trinajstić information content (AvgIpc) is 3.09. The summed E-state index contributed by atoms with van der Waals surface area (Å²) in [7, 11) is 0. The van der Waals surface area contributed by atoms with E-state index in [1.807, 2.05) is 12.1 Å². The molecule has 1 aromatic heterocycles. The highest BCUT2D eigenvalue weighted by Crippen LogP contribution is 2.35. The van der Waals surface area contributed by atoms with Crippen molar-refractivity contribution in [2.75, 3.05) is 11.9 Å². The van der Waals surface area contributed by atoms with Gasteiger partial charge in [0.05, 0.1) is 21.7 Å². The molecule has 0 bridgehead atoms. The van der Waals surface area contributed by atoms with E-state index in [9.17, 15) is 15.0 Å². The lowest BCUT2D eigenvalue weighted by atomic mass is 9.99. The minimum Gasteiger partial charge on any atom is -0.508 e. The van der Waals surface area contributed by atoms with Crippen molar-refractivity contribution in [3.8, 4) is 17.0 Å². The Morgan fingerprint density at radius 3 is 2.55 bits per heavy atom. The van der Waals surface area contributed by atoms with Gasteiger partial charge >= 0.3 is 5.97 Å². The van der Waals surface area contributed by atoms with E-state index in [1.165, 1.54) is 11.3 Å². The average molecular weight is 479 g/mol. The standard InChI is InChI=1S/C23H24Cl2N2O3S/c1-13(2)8-20-21(15-6-7-18(24)19(25)11-15)27-23(31-20)26-12-16(22(29)30)9-14-4-3-5-17(28)10-14/h3-7,10-11,13,16,28H,8-9,12H2,1-2H3,(H,26,27)(H,29,30). The fourth-order valence-electron chi connectivity index (χ4n) is 3.23. The summed E-state index contributed by atoms with van der Waals surface area (Å²) in [6.45, 7) is 4.50. The summed E-state index contributed by atoms with van der Waals surface area (Å²) in [5.41, 5.74) is 2.48. The minimum atomic E-state index is -0.903. The molecule has 0 aliphatic heterocycles. The largest absolute Gasteiger partial charge is 0.508 e. The third-order valence-electron chi connectivity index (χ3n) is 4.73. The highest BCUT2D eigenvalue weighted by Gasteiger charge is 2.20. The zero-order valence-corrected chi connectivity index (χ0v) is 19.6. The lowest BCUT2D eigenvalue weighted by molar-refractivity contribution is -0.141. The van der Waals surface area contributed by atoms with E-state index in [0.29, 0.717) is 27.5 Å². The lowest BCUT2D eigenvalue weighted by Gasteiger charge is -2.13. The van der Waals surface area contributed by atoms with Crippen LogP contribution in [0.15, 0.2) is 42.5 Å². The smallest absolute Gasteiger partial charge is 0.308 e. The maximum absolute atomic E-state index is 11.8. The molecule has 3 rings (SSSR count). The molecule has 1 atom stereocenters. The Labute approximate surface area is 195 Å². The van der Waals surface area contributed by atoms with Crippen molar-refractivity contribution in [1.82, 2.24) is 4.98 Å². The first-order valence-corrected chi connectivity index (χ1v) is 11.5. The number of aliphatic carboxylic acids is 1. The number of hydrogen-bond donors (Lipinski definition) is 3. The van der Waals surface area contributed by atoms with Gasteiger partial charge in [-0.3, -0.25) is 4.79 Å². The number of phenolic OH excluding ortho intramolecular Hbond substituents is 1. The zero-order chi connectivity index (χ0) is 22.5. The molecule has 0 fully saturated rings. The first-order chi connectivity index (χ1) is 14.7. The first kappa shape index (κ1) is 23.4. The van der Waals surface area contributed by atoms with Crippen LogP contribution in [0.3, 0.4) is 0 Å². The molecule has 8 heteroatoms. The fourth-order valence-corrected chi connectivity index (χ4v) is 4.73. The van der Waals surface area contributed by atoms with Crippen molar-refractivity contribution in [2.45, 2.75) is 26.7 Å². The van der Waals surface area contributed by atoms with E-state index in [2.05, 4.69) is 19.2 Å². The molecular weight excluding hydrogens is 455 g/mol. The van der Waals surface area contributed by atoms with Gasteiger partial charge in [-0.25, -0.2) is 4.98 Å². The van der Waals surface area contributed by atoms with Crippen molar-refractivity contribution in [3.05, 3.63) is 63.0 Å². The maximum Gasteiger partial charge on any atom is 0.308 e. The Morgan fingerprint density at radius 1 is 1.13 bits per heavy atom. The number of aromatic hydroxyl groups is 1. The van der Waals surface area contributed by atoms with Gasteiger partial charge < -0.3 is 15.5 Å². The number of benzene rings is 2. The van der Waals surface area contributed by atoms with Gasteiger partial charge in [0.1, 0.15) is 5.75 Å². The molecule has 0 radical (unpaired) electrons. The molecule has 0 aliphatic carbocycles. The van der Waals surface area contributed by atoms with Crippen molar-refractivity contribution in [1.29, 1.82) is 0 Å². The number of nitrogens with zero attached hydrogens (tertiary/aromatic N) is 1. The number of carboxylic acid groups (broad SMARTS) is 1. The number of halogens is 2. The number of hydrogen-bond acceptors (Lipinski definition) is 5. The van der Waals surface area contributed by atoms with E-state index in [-0.39, 0.29) is 12.3 Å². The van der Waals surface area contributed by atoms with Crippen LogP contribution in [0.5, 0.6) is 5.75 Å². The molecule has 1 heterocycles. The van der Waals surface area contributed by atoms with Crippen LogP contribution in [-0.2, 0) is 17.6 Å². The van der Waals surface area contributed by atoms with Crippen LogP contribution in [0, 0.1) is 11.8 Å². The SMILES string of the molecule is CC(C)Cc1sc(NCC(Cc2cccc(O)c2)C(=O)O)nc1-c1ccc(Cl)c(Cl)c1.